The van der Waals surface area contributed by atoms with E-state index in [-0.39, 0.29) is 6.10 Å². The number of aromatic nitrogens is 2. The van der Waals surface area contributed by atoms with Crippen LogP contribution in [0.1, 0.15) is 31.9 Å². The number of rotatable bonds is 8. The molecular weight excluding hydrogens is 434 g/mol. The zero-order valence-electron chi connectivity index (χ0n) is 16.6. The van der Waals surface area contributed by atoms with Crippen LogP contribution in [0.5, 0.6) is 11.5 Å². The lowest BCUT2D eigenvalue weighted by Gasteiger charge is -2.11. The van der Waals surface area contributed by atoms with Gasteiger partial charge >= 0.3 is 0 Å². The first-order chi connectivity index (χ1) is 14.0. The molecule has 2 aromatic carbocycles. The Hall–Kier alpha value is -2.85. The van der Waals surface area contributed by atoms with Gasteiger partial charge in [0.05, 0.1) is 18.3 Å². The number of benzene rings is 2. The number of halogens is 1. The maximum atomic E-state index is 9.43. The molecule has 0 radical (unpaired) electrons. The molecule has 3 rings (SSSR count). The van der Waals surface area contributed by atoms with E-state index < -0.39 is 0 Å². The molecule has 6 nitrogen and oxygen atoms in total. The molecule has 0 fully saturated rings. The lowest BCUT2D eigenvalue weighted by atomic mass is 10.0. The Labute approximate surface area is 178 Å². The van der Waals surface area contributed by atoms with Gasteiger partial charge in [-0.2, -0.15) is 10.2 Å². The van der Waals surface area contributed by atoms with Crippen molar-refractivity contribution in [1.82, 2.24) is 10.1 Å². The van der Waals surface area contributed by atoms with Crippen LogP contribution < -0.4 is 9.47 Å². The van der Waals surface area contributed by atoms with E-state index in [1.807, 2.05) is 38.1 Å². The van der Waals surface area contributed by atoms with Crippen LogP contribution in [0.4, 0.5) is 0 Å². The maximum absolute atomic E-state index is 9.43. The zero-order valence-corrected chi connectivity index (χ0v) is 18.2. The predicted octanol–water partition coefficient (Wildman–Crippen LogP) is 5.40. The van der Waals surface area contributed by atoms with Crippen molar-refractivity contribution < 1.29 is 14.0 Å². The van der Waals surface area contributed by atoms with Gasteiger partial charge in [-0.05, 0) is 62.2 Å². The predicted molar refractivity (Wildman–Crippen MR) is 114 cm³/mol. The fourth-order valence-electron chi connectivity index (χ4n) is 2.88. The van der Waals surface area contributed by atoms with Crippen molar-refractivity contribution in [2.24, 2.45) is 0 Å². The van der Waals surface area contributed by atoms with Crippen LogP contribution in [-0.2, 0) is 6.42 Å². The largest absolute Gasteiger partial charge is 0.493 e. The van der Waals surface area contributed by atoms with Crippen molar-refractivity contribution in [2.45, 2.75) is 33.3 Å². The van der Waals surface area contributed by atoms with Crippen LogP contribution in [0.2, 0.25) is 0 Å². The first-order valence-electron chi connectivity index (χ1n) is 9.42. The summed E-state index contributed by atoms with van der Waals surface area (Å²) >= 11 is 3.36. The van der Waals surface area contributed by atoms with Gasteiger partial charge in [0.1, 0.15) is 17.6 Å². The smallest absolute Gasteiger partial charge is 0.258 e. The van der Waals surface area contributed by atoms with Crippen molar-refractivity contribution in [3.63, 3.8) is 0 Å². The molecule has 0 saturated carbocycles. The Kier molecular flexibility index (Phi) is 6.89. The van der Waals surface area contributed by atoms with Gasteiger partial charge in [-0.3, -0.25) is 0 Å². The Bertz CT molecular complexity index is 1020. The maximum Gasteiger partial charge on any atom is 0.258 e. The SMILES string of the molecule is CCc1cc(OCCBr)ccc1-c1noc(-c2ccc(OC(C)C)c(C#N)c2)n1. The number of hydrogen-bond acceptors (Lipinski definition) is 6. The third-order valence-corrected chi connectivity index (χ3v) is 4.50. The third kappa shape index (κ3) is 4.96. The molecule has 0 saturated heterocycles. The minimum atomic E-state index is -0.0168. The fraction of sp³-hybridized carbons (Fsp3) is 0.318. The van der Waals surface area contributed by atoms with Crippen LogP contribution in [0.3, 0.4) is 0 Å². The molecule has 0 bridgehead atoms. The van der Waals surface area contributed by atoms with E-state index >= 15 is 0 Å². The first-order valence-corrected chi connectivity index (χ1v) is 10.5. The number of aryl methyl sites for hydroxylation is 1. The summed E-state index contributed by atoms with van der Waals surface area (Å²) in [5.74, 6) is 2.21. The highest BCUT2D eigenvalue weighted by Crippen LogP contribution is 2.30. The van der Waals surface area contributed by atoms with E-state index in [4.69, 9.17) is 14.0 Å². The summed E-state index contributed by atoms with van der Waals surface area (Å²) in [7, 11) is 0. The standard InChI is InChI=1S/C22H22BrN3O3/c1-4-15-12-18(27-10-9-23)6-7-19(15)21-25-22(29-26-21)16-5-8-20(28-14(2)3)17(11-16)13-24/h5-8,11-12,14H,4,9-10H2,1-3H3. The average Bonchev–Trinajstić information content (AvgIpc) is 3.21. The topological polar surface area (TPSA) is 81.2 Å². The molecular formula is C22H22BrN3O3. The molecule has 1 heterocycles. The molecule has 0 N–H and O–H groups in total. The summed E-state index contributed by atoms with van der Waals surface area (Å²) in [6, 6.07) is 13.3. The van der Waals surface area contributed by atoms with Gasteiger partial charge in [-0.25, -0.2) is 0 Å². The second kappa shape index (κ2) is 9.57. The van der Waals surface area contributed by atoms with Crippen LogP contribution in [0.25, 0.3) is 22.8 Å². The number of nitrogens with zero attached hydrogens (tertiary/aromatic N) is 3. The summed E-state index contributed by atoms with van der Waals surface area (Å²) in [5, 5.41) is 14.3. The molecule has 29 heavy (non-hydrogen) atoms. The van der Waals surface area contributed by atoms with Gasteiger partial charge in [0.2, 0.25) is 5.82 Å². The zero-order chi connectivity index (χ0) is 20.8. The number of ether oxygens (including phenoxy) is 2. The van der Waals surface area contributed by atoms with Crippen molar-refractivity contribution in [1.29, 1.82) is 5.26 Å². The first kappa shape index (κ1) is 20.9. The van der Waals surface area contributed by atoms with Gasteiger partial charge < -0.3 is 14.0 Å². The van der Waals surface area contributed by atoms with Gasteiger partial charge in [-0.15, -0.1) is 0 Å². The number of nitriles is 1. The summed E-state index contributed by atoms with van der Waals surface area (Å²) in [6.07, 6.45) is 0.793. The quantitative estimate of drug-likeness (QED) is 0.423. The highest BCUT2D eigenvalue weighted by atomic mass is 79.9. The van der Waals surface area contributed by atoms with Gasteiger partial charge in [0, 0.05) is 16.5 Å². The molecule has 0 atom stereocenters. The molecule has 150 valence electrons. The van der Waals surface area contributed by atoms with E-state index in [1.54, 1.807) is 12.1 Å². The van der Waals surface area contributed by atoms with Gasteiger partial charge in [0.15, 0.2) is 0 Å². The summed E-state index contributed by atoms with van der Waals surface area (Å²) in [5.41, 5.74) is 3.07. The number of alkyl halides is 1. The van der Waals surface area contributed by atoms with Crippen LogP contribution >= 0.6 is 15.9 Å². The van der Waals surface area contributed by atoms with E-state index in [0.717, 1.165) is 28.6 Å². The fourth-order valence-corrected chi connectivity index (χ4v) is 3.05. The lowest BCUT2D eigenvalue weighted by Crippen LogP contribution is -2.06. The Morgan fingerprint density at radius 1 is 1.21 bits per heavy atom. The second-order valence-corrected chi connectivity index (χ2v) is 7.42. The highest BCUT2D eigenvalue weighted by molar-refractivity contribution is 9.09. The molecule has 0 aliphatic heterocycles. The number of hydrogen-bond donors (Lipinski definition) is 0. The molecule has 7 heteroatoms. The third-order valence-electron chi connectivity index (χ3n) is 4.18. The Morgan fingerprint density at radius 2 is 2.03 bits per heavy atom. The average molecular weight is 456 g/mol. The Morgan fingerprint density at radius 3 is 2.72 bits per heavy atom. The van der Waals surface area contributed by atoms with Crippen molar-refractivity contribution >= 4 is 15.9 Å². The summed E-state index contributed by atoms with van der Waals surface area (Å²) < 4.78 is 16.8. The monoisotopic (exact) mass is 455 g/mol. The highest BCUT2D eigenvalue weighted by Gasteiger charge is 2.16. The molecule has 0 unspecified atom stereocenters. The molecule has 0 spiro atoms. The van der Waals surface area contributed by atoms with Crippen LogP contribution in [-0.4, -0.2) is 28.2 Å². The second-order valence-electron chi connectivity index (χ2n) is 6.62. The van der Waals surface area contributed by atoms with E-state index in [0.29, 0.717) is 35.2 Å². The van der Waals surface area contributed by atoms with Crippen molar-refractivity contribution in [2.75, 3.05) is 11.9 Å². The molecule has 0 amide bonds. The minimum absolute atomic E-state index is 0.0168. The molecule has 3 aromatic rings. The van der Waals surface area contributed by atoms with E-state index in [2.05, 4.69) is 39.1 Å². The van der Waals surface area contributed by atoms with Crippen molar-refractivity contribution in [3.8, 4) is 40.4 Å². The molecule has 1 aromatic heterocycles. The van der Waals surface area contributed by atoms with Crippen molar-refractivity contribution in [3.05, 3.63) is 47.5 Å². The Balaban J connectivity index is 1.90. The van der Waals surface area contributed by atoms with Gasteiger partial charge in [-0.1, -0.05) is 28.0 Å². The van der Waals surface area contributed by atoms with Crippen LogP contribution in [0.15, 0.2) is 40.9 Å². The van der Waals surface area contributed by atoms with E-state index in [9.17, 15) is 5.26 Å². The summed E-state index contributed by atoms with van der Waals surface area (Å²) in [4.78, 5) is 4.54. The molecule has 0 aliphatic carbocycles. The molecule has 0 aliphatic rings. The van der Waals surface area contributed by atoms with Crippen LogP contribution in [0, 0.1) is 11.3 Å². The summed E-state index contributed by atoms with van der Waals surface area (Å²) in [6.45, 7) is 6.51. The normalized spacial score (nSPS) is 10.8. The van der Waals surface area contributed by atoms with E-state index in [1.165, 1.54) is 0 Å². The minimum Gasteiger partial charge on any atom is -0.493 e. The van der Waals surface area contributed by atoms with Gasteiger partial charge in [0.25, 0.3) is 5.89 Å². The lowest BCUT2D eigenvalue weighted by molar-refractivity contribution is 0.241.